The molecule has 3 aromatic rings. The average Bonchev–Trinajstić information content (AvgIpc) is 2.79. The van der Waals surface area contributed by atoms with E-state index in [2.05, 4.69) is 23.5 Å². The molecule has 0 atom stereocenters. The Hall–Kier alpha value is -2.75. The maximum atomic E-state index is 10.8. The van der Waals surface area contributed by atoms with Crippen molar-refractivity contribution in [2.45, 2.75) is 20.3 Å². The summed E-state index contributed by atoms with van der Waals surface area (Å²) in [5, 5.41) is 8.84. The van der Waals surface area contributed by atoms with Crippen LogP contribution in [0.2, 0.25) is 0 Å². The van der Waals surface area contributed by atoms with Crippen LogP contribution in [-0.4, -0.2) is 22.1 Å². The van der Waals surface area contributed by atoms with Crippen LogP contribution in [0.15, 0.2) is 48.7 Å². The molecule has 0 fully saturated rings. The molecule has 0 saturated heterocycles. The number of carbonyl (C=O) groups is 1. The minimum absolute atomic E-state index is 0.336. The molecular formula is C19H19NO3. The topological polar surface area (TPSA) is 50.9 Å². The molecule has 0 aliphatic carbocycles. The zero-order valence-electron chi connectivity index (χ0n) is 13.2. The fourth-order valence-corrected chi connectivity index (χ4v) is 2.92. The fourth-order valence-electron chi connectivity index (χ4n) is 2.92. The zero-order valence-corrected chi connectivity index (χ0v) is 13.2. The molecule has 2 aromatic heterocycles. The molecule has 0 unspecified atom stereocenters. The highest BCUT2D eigenvalue weighted by Gasteiger charge is 2.16. The fraction of sp³-hybridized carbons (Fsp3) is 0.211. The van der Waals surface area contributed by atoms with Gasteiger partial charge in [0.1, 0.15) is 5.75 Å². The summed E-state index contributed by atoms with van der Waals surface area (Å²) < 4.78 is 7.57. The van der Waals surface area contributed by atoms with Crippen LogP contribution in [0.3, 0.4) is 0 Å². The number of carboxylic acids is 1. The lowest BCUT2D eigenvalue weighted by Crippen LogP contribution is -2.10. The van der Waals surface area contributed by atoms with Gasteiger partial charge in [-0.1, -0.05) is 30.3 Å². The number of benzene rings is 1. The van der Waals surface area contributed by atoms with Crippen LogP contribution >= 0.6 is 0 Å². The molecule has 2 heterocycles. The van der Waals surface area contributed by atoms with Crippen molar-refractivity contribution in [3.63, 3.8) is 0 Å². The summed E-state index contributed by atoms with van der Waals surface area (Å²) in [4.78, 5) is 10.8. The molecule has 0 spiro atoms. The molecule has 23 heavy (non-hydrogen) atoms. The molecule has 0 amide bonds. The average molecular weight is 309 g/mol. The van der Waals surface area contributed by atoms with E-state index in [1.165, 1.54) is 16.8 Å². The first-order chi connectivity index (χ1) is 11.1. The number of aryl methyl sites for hydroxylation is 1. The van der Waals surface area contributed by atoms with Crippen LogP contribution < -0.4 is 4.74 Å². The van der Waals surface area contributed by atoms with Crippen LogP contribution in [0.5, 0.6) is 5.75 Å². The standard InChI is InChI=1S/C19H19NO3/c1-13-14(2)19-17(23-12-18(21)22)9-6-10-20(19)16(13)11-15-7-4-3-5-8-15/h3-10H,11-12H2,1-2H3,(H,21,22). The van der Waals surface area contributed by atoms with Gasteiger partial charge >= 0.3 is 5.97 Å². The molecule has 1 N–H and O–H groups in total. The first kappa shape index (κ1) is 15.2. The Morgan fingerprint density at radius 1 is 1.09 bits per heavy atom. The third kappa shape index (κ3) is 2.93. The second-order valence-electron chi connectivity index (χ2n) is 5.63. The Labute approximate surface area is 135 Å². The van der Waals surface area contributed by atoms with Gasteiger partial charge in [0.25, 0.3) is 0 Å². The Bertz CT molecular complexity index is 850. The smallest absolute Gasteiger partial charge is 0.341 e. The molecule has 3 rings (SSSR count). The number of pyridine rings is 1. The highest BCUT2D eigenvalue weighted by atomic mass is 16.5. The van der Waals surface area contributed by atoms with Gasteiger partial charge in [0.2, 0.25) is 0 Å². The van der Waals surface area contributed by atoms with E-state index in [1.54, 1.807) is 0 Å². The van der Waals surface area contributed by atoms with Gasteiger partial charge in [-0.2, -0.15) is 0 Å². The molecular weight excluding hydrogens is 290 g/mol. The first-order valence-corrected chi connectivity index (χ1v) is 7.55. The van der Waals surface area contributed by atoms with Gasteiger partial charge in [-0.3, -0.25) is 0 Å². The second-order valence-corrected chi connectivity index (χ2v) is 5.63. The molecule has 4 nitrogen and oxygen atoms in total. The van der Waals surface area contributed by atoms with Crippen LogP contribution in [0.1, 0.15) is 22.4 Å². The minimum atomic E-state index is -0.975. The van der Waals surface area contributed by atoms with Crippen molar-refractivity contribution in [3.8, 4) is 5.75 Å². The van der Waals surface area contributed by atoms with Crippen LogP contribution in [0.4, 0.5) is 0 Å². The molecule has 118 valence electrons. The number of nitrogens with zero attached hydrogens (tertiary/aromatic N) is 1. The predicted molar refractivity (Wildman–Crippen MR) is 89.2 cm³/mol. The van der Waals surface area contributed by atoms with Crippen molar-refractivity contribution in [1.29, 1.82) is 0 Å². The van der Waals surface area contributed by atoms with Crippen LogP contribution in [0.25, 0.3) is 5.52 Å². The van der Waals surface area contributed by atoms with Gasteiger partial charge in [-0.15, -0.1) is 0 Å². The lowest BCUT2D eigenvalue weighted by molar-refractivity contribution is -0.139. The quantitative estimate of drug-likeness (QED) is 0.783. The van der Waals surface area contributed by atoms with Gasteiger partial charge in [-0.25, -0.2) is 4.79 Å². The maximum absolute atomic E-state index is 10.8. The van der Waals surface area contributed by atoms with E-state index in [-0.39, 0.29) is 6.61 Å². The summed E-state index contributed by atoms with van der Waals surface area (Å²) in [5.41, 5.74) is 5.71. The summed E-state index contributed by atoms with van der Waals surface area (Å²) in [5.74, 6) is -0.368. The number of carboxylic acid groups (broad SMARTS) is 1. The number of rotatable bonds is 5. The number of fused-ring (bicyclic) bond motifs is 1. The highest BCUT2D eigenvalue weighted by Crippen LogP contribution is 2.31. The summed E-state index contributed by atoms with van der Waals surface area (Å²) >= 11 is 0. The SMILES string of the molecule is Cc1c(C)c2c(OCC(=O)O)cccn2c1Cc1ccccc1. The molecule has 0 bridgehead atoms. The lowest BCUT2D eigenvalue weighted by Gasteiger charge is -2.08. The number of hydrogen-bond donors (Lipinski definition) is 1. The predicted octanol–water partition coefficient (Wildman–Crippen LogP) is 3.61. The molecule has 1 aromatic carbocycles. The van der Waals surface area contributed by atoms with Gasteiger partial charge in [-0.05, 0) is 42.7 Å². The molecule has 0 aliphatic rings. The summed E-state index contributed by atoms with van der Waals surface area (Å²) in [6.45, 7) is 3.81. The monoisotopic (exact) mass is 309 g/mol. The zero-order chi connectivity index (χ0) is 16.4. The number of aromatic nitrogens is 1. The van der Waals surface area contributed by atoms with Crippen LogP contribution in [-0.2, 0) is 11.2 Å². The first-order valence-electron chi connectivity index (χ1n) is 7.55. The van der Waals surface area contributed by atoms with E-state index in [9.17, 15) is 4.79 Å². The summed E-state index contributed by atoms with van der Waals surface area (Å²) in [6.07, 6.45) is 2.82. The van der Waals surface area contributed by atoms with Crippen molar-refractivity contribution in [2.75, 3.05) is 6.61 Å². The van der Waals surface area contributed by atoms with Crippen molar-refractivity contribution >= 4 is 11.5 Å². The van der Waals surface area contributed by atoms with Gasteiger partial charge < -0.3 is 14.2 Å². The Morgan fingerprint density at radius 2 is 1.83 bits per heavy atom. The van der Waals surface area contributed by atoms with E-state index >= 15 is 0 Å². The van der Waals surface area contributed by atoms with Crippen molar-refractivity contribution in [2.24, 2.45) is 0 Å². The molecule has 0 radical (unpaired) electrons. The van der Waals surface area contributed by atoms with Crippen molar-refractivity contribution in [1.82, 2.24) is 4.40 Å². The summed E-state index contributed by atoms with van der Waals surface area (Å²) in [6, 6.07) is 14.0. The number of ether oxygens (including phenoxy) is 1. The van der Waals surface area contributed by atoms with E-state index in [0.717, 1.165) is 17.5 Å². The third-order valence-electron chi connectivity index (χ3n) is 4.16. The summed E-state index contributed by atoms with van der Waals surface area (Å²) in [7, 11) is 0. The second kappa shape index (κ2) is 6.16. The van der Waals surface area contributed by atoms with E-state index < -0.39 is 5.97 Å². The molecule has 0 saturated carbocycles. The van der Waals surface area contributed by atoms with E-state index in [4.69, 9.17) is 9.84 Å². The Kier molecular flexibility index (Phi) is 4.06. The number of hydrogen-bond acceptors (Lipinski definition) is 2. The molecule has 4 heteroatoms. The van der Waals surface area contributed by atoms with Crippen LogP contribution in [0, 0.1) is 13.8 Å². The molecule has 0 aliphatic heterocycles. The van der Waals surface area contributed by atoms with Gasteiger partial charge in [0, 0.05) is 18.3 Å². The van der Waals surface area contributed by atoms with Crippen molar-refractivity contribution in [3.05, 3.63) is 71.0 Å². The van der Waals surface area contributed by atoms with Crippen molar-refractivity contribution < 1.29 is 14.6 Å². The van der Waals surface area contributed by atoms with Gasteiger partial charge in [0.15, 0.2) is 6.61 Å². The number of aliphatic carboxylic acids is 1. The normalized spacial score (nSPS) is 10.9. The largest absolute Gasteiger partial charge is 0.480 e. The van der Waals surface area contributed by atoms with E-state index in [1.807, 2.05) is 43.5 Å². The lowest BCUT2D eigenvalue weighted by atomic mass is 10.1. The van der Waals surface area contributed by atoms with Gasteiger partial charge in [0.05, 0.1) is 5.52 Å². The van der Waals surface area contributed by atoms with E-state index in [0.29, 0.717) is 5.75 Å². The minimum Gasteiger partial charge on any atom is -0.480 e. The third-order valence-corrected chi connectivity index (χ3v) is 4.16. The Balaban J connectivity index is 2.07. The Morgan fingerprint density at radius 3 is 2.52 bits per heavy atom. The highest BCUT2D eigenvalue weighted by molar-refractivity contribution is 5.72. The maximum Gasteiger partial charge on any atom is 0.341 e.